The zero-order chi connectivity index (χ0) is 13.8. The van der Waals surface area contributed by atoms with E-state index < -0.39 is 0 Å². The molecular weight excluding hydrogens is 287 g/mol. The number of hydrogen-bond acceptors (Lipinski definition) is 3. The quantitative estimate of drug-likeness (QED) is 0.806. The van der Waals surface area contributed by atoms with Gasteiger partial charge < -0.3 is 9.64 Å². The number of carbonyl (C=O) groups is 1. The Morgan fingerprint density at radius 1 is 1.47 bits per heavy atom. The molecular formula is C13H16Cl2N2O2. The first-order valence-corrected chi connectivity index (χ1v) is 7.09. The highest BCUT2D eigenvalue weighted by atomic mass is 35.5. The molecule has 2 heterocycles. The van der Waals surface area contributed by atoms with Gasteiger partial charge in [0, 0.05) is 25.9 Å². The van der Waals surface area contributed by atoms with Crippen molar-refractivity contribution >= 4 is 29.1 Å². The molecule has 1 aliphatic rings. The van der Waals surface area contributed by atoms with Gasteiger partial charge in [0.1, 0.15) is 5.15 Å². The third kappa shape index (κ3) is 3.59. The number of pyridine rings is 1. The number of nitrogens with zero attached hydrogens (tertiary/aromatic N) is 2. The largest absolute Gasteiger partial charge is 0.378 e. The summed E-state index contributed by atoms with van der Waals surface area (Å²) in [4.78, 5) is 18.0. The van der Waals surface area contributed by atoms with Gasteiger partial charge in [-0.25, -0.2) is 4.98 Å². The minimum absolute atomic E-state index is 0.0546. The van der Waals surface area contributed by atoms with E-state index in [1.54, 1.807) is 11.0 Å². The number of carbonyl (C=O) groups excluding carboxylic acids is 1. The second-order valence-corrected chi connectivity index (χ2v) is 5.21. The lowest BCUT2D eigenvalue weighted by Crippen LogP contribution is -2.40. The zero-order valence-electron chi connectivity index (χ0n) is 10.7. The molecule has 0 aliphatic carbocycles. The Balaban J connectivity index is 1.99. The Kier molecular flexibility index (Phi) is 5.02. The van der Waals surface area contributed by atoms with Crippen LogP contribution in [-0.2, 0) is 4.74 Å². The summed E-state index contributed by atoms with van der Waals surface area (Å²) in [6.45, 7) is 4.10. The topological polar surface area (TPSA) is 42.4 Å². The lowest BCUT2D eigenvalue weighted by Gasteiger charge is -2.31. The standard InChI is InChI=1S/C13H16Cl2N2O2/c1-2-19-10-3-5-17(6-4-10)13(18)9-7-11(14)12(15)16-8-9/h7-8,10H,2-6H2,1H3. The van der Waals surface area contributed by atoms with Crippen LogP contribution in [0.3, 0.4) is 0 Å². The fourth-order valence-corrected chi connectivity index (χ4v) is 2.45. The first kappa shape index (κ1) is 14.6. The van der Waals surface area contributed by atoms with Crippen LogP contribution in [0.4, 0.5) is 0 Å². The fraction of sp³-hybridized carbons (Fsp3) is 0.538. The van der Waals surface area contributed by atoms with Crippen LogP contribution in [0.1, 0.15) is 30.1 Å². The molecule has 0 atom stereocenters. The molecule has 0 spiro atoms. The maximum atomic E-state index is 12.3. The normalized spacial score (nSPS) is 16.7. The summed E-state index contributed by atoms with van der Waals surface area (Å²) in [5.74, 6) is -0.0546. The number of aromatic nitrogens is 1. The molecule has 0 bridgehead atoms. The second-order valence-electron chi connectivity index (χ2n) is 4.44. The van der Waals surface area contributed by atoms with E-state index >= 15 is 0 Å². The van der Waals surface area contributed by atoms with Gasteiger partial charge in [0.15, 0.2) is 0 Å². The first-order valence-electron chi connectivity index (χ1n) is 6.33. The molecule has 0 aromatic carbocycles. The third-order valence-electron chi connectivity index (χ3n) is 3.17. The number of amides is 1. The lowest BCUT2D eigenvalue weighted by atomic mass is 10.1. The lowest BCUT2D eigenvalue weighted by molar-refractivity contribution is 0.0146. The van der Waals surface area contributed by atoms with Crippen molar-refractivity contribution in [2.45, 2.75) is 25.9 Å². The smallest absolute Gasteiger partial charge is 0.255 e. The van der Waals surface area contributed by atoms with Gasteiger partial charge in [0.25, 0.3) is 5.91 Å². The summed E-state index contributed by atoms with van der Waals surface area (Å²) in [5, 5.41) is 0.519. The monoisotopic (exact) mass is 302 g/mol. The maximum absolute atomic E-state index is 12.3. The molecule has 19 heavy (non-hydrogen) atoms. The maximum Gasteiger partial charge on any atom is 0.255 e. The van der Waals surface area contributed by atoms with Crippen LogP contribution >= 0.6 is 23.2 Å². The summed E-state index contributed by atoms with van der Waals surface area (Å²) in [6, 6.07) is 1.56. The Morgan fingerprint density at radius 2 is 2.16 bits per heavy atom. The van der Waals surface area contributed by atoms with Crippen LogP contribution in [0.25, 0.3) is 0 Å². The third-order valence-corrected chi connectivity index (χ3v) is 3.86. The fourth-order valence-electron chi connectivity index (χ4n) is 2.18. The molecule has 1 aromatic heterocycles. The van der Waals surface area contributed by atoms with Gasteiger partial charge in [-0.15, -0.1) is 0 Å². The van der Waals surface area contributed by atoms with Crippen molar-refractivity contribution in [3.8, 4) is 0 Å². The summed E-state index contributed by atoms with van der Waals surface area (Å²) in [6.07, 6.45) is 3.47. The molecule has 2 rings (SSSR count). The molecule has 1 fully saturated rings. The van der Waals surface area contributed by atoms with E-state index in [1.165, 1.54) is 6.20 Å². The van der Waals surface area contributed by atoms with Crippen molar-refractivity contribution in [2.24, 2.45) is 0 Å². The van der Waals surface area contributed by atoms with Crippen molar-refractivity contribution in [1.29, 1.82) is 0 Å². The van der Waals surface area contributed by atoms with Crippen LogP contribution < -0.4 is 0 Å². The van der Waals surface area contributed by atoms with Crippen molar-refractivity contribution in [1.82, 2.24) is 9.88 Å². The van der Waals surface area contributed by atoms with E-state index in [1.807, 2.05) is 6.92 Å². The first-order chi connectivity index (χ1) is 9.11. The van der Waals surface area contributed by atoms with E-state index in [0.717, 1.165) is 19.4 Å². The van der Waals surface area contributed by atoms with E-state index in [0.29, 0.717) is 23.7 Å². The van der Waals surface area contributed by atoms with Gasteiger partial charge in [0.2, 0.25) is 0 Å². The minimum atomic E-state index is -0.0546. The van der Waals surface area contributed by atoms with Crippen LogP contribution in [0.2, 0.25) is 10.2 Å². The summed E-state index contributed by atoms with van der Waals surface area (Å²) in [5.41, 5.74) is 0.476. The molecule has 0 N–H and O–H groups in total. The Labute approximate surface area is 122 Å². The van der Waals surface area contributed by atoms with Gasteiger partial charge in [-0.05, 0) is 25.8 Å². The zero-order valence-corrected chi connectivity index (χ0v) is 12.2. The molecule has 6 heteroatoms. The van der Waals surface area contributed by atoms with E-state index in [2.05, 4.69) is 4.98 Å². The molecule has 1 aromatic rings. The van der Waals surface area contributed by atoms with Gasteiger partial charge in [-0.1, -0.05) is 23.2 Å². The molecule has 0 saturated carbocycles. The Morgan fingerprint density at radius 3 is 2.74 bits per heavy atom. The van der Waals surface area contributed by atoms with Crippen LogP contribution in [-0.4, -0.2) is 41.6 Å². The SMILES string of the molecule is CCOC1CCN(C(=O)c2cnc(Cl)c(Cl)c2)CC1. The van der Waals surface area contributed by atoms with Gasteiger partial charge in [-0.2, -0.15) is 0 Å². The molecule has 4 nitrogen and oxygen atoms in total. The summed E-state index contributed by atoms with van der Waals surface area (Å²) < 4.78 is 5.56. The van der Waals surface area contributed by atoms with Gasteiger partial charge >= 0.3 is 0 Å². The average Bonchev–Trinajstić information content (AvgIpc) is 2.42. The highest BCUT2D eigenvalue weighted by Gasteiger charge is 2.24. The summed E-state index contributed by atoms with van der Waals surface area (Å²) in [7, 11) is 0. The van der Waals surface area contributed by atoms with Crippen molar-refractivity contribution in [3.05, 3.63) is 28.0 Å². The number of ether oxygens (including phenoxy) is 1. The predicted molar refractivity (Wildman–Crippen MR) is 74.8 cm³/mol. The van der Waals surface area contributed by atoms with Gasteiger partial charge in [0.05, 0.1) is 16.7 Å². The van der Waals surface area contributed by atoms with Crippen LogP contribution in [0.15, 0.2) is 12.3 Å². The van der Waals surface area contributed by atoms with Gasteiger partial charge in [-0.3, -0.25) is 4.79 Å². The minimum Gasteiger partial charge on any atom is -0.378 e. The molecule has 0 radical (unpaired) electrons. The average molecular weight is 303 g/mol. The van der Waals surface area contributed by atoms with E-state index in [-0.39, 0.29) is 17.2 Å². The second kappa shape index (κ2) is 6.55. The number of halogens is 2. The van der Waals surface area contributed by atoms with Crippen molar-refractivity contribution in [3.63, 3.8) is 0 Å². The van der Waals surface area contributed by atoms with Crippen LogP contribution in [0.5, 0.6) is 0 Å². The van der Waals surface area contributed by atoms with Crippen molar-refractivity contribution < 1.29 is 9.53 Å². The molecule has 1 amide bonds. The molecule has 1 aliphatic heterocycles. The highest BCUT2D eigenvalue weighted by molar-refractivity contribution is 6.41. The summed E-state index contributed by atoms with van der Waals surface area (Å²) >= 11 is 11.6. The molecule has 104 valence electrons. The van der Waals surface area contributed by atoms with Crippen molar-refractivity contribution in [2.75, 3.05) is 19.7 Å². The predicted octanol–water partition coefficient (Wildman–Crippen LogP) is 3.03. The number of hydrogen-bond donors (Lipinski definition) is 0. The molecule has 1 saturated heterocycles. The highest BCUT2D eigenvalue weighted by Crippen LogP contribution is 2.22. The molecule has 0 unspecified atom stereocenters. The number of rotatable bonds is 3. The number of likely N-dealkylation sites (tertiary alicyclic amines) is 1. The van der Waals surface area contributed by atoms with E-state index in [4.69, 9.17) is 27.9 Å². The van der Waals surface area contributed by atoms with Crippen LogP contribution in [0, 0.1) is 0 Å². The van der Waals surface area contributed by atoms with E-state index in [9.17, 15) is 4.79 Å². The Hall–Kier alpha value is -0.840. The number of piperidine rings is 1. The Bertz CT molecular complexity index is 460.